The maximum atomic E-state index is 11.4. The molecule has 0 spiro atoms. The van der Waals surface area contributed by atoms with E-state index < -0.39 is 0 Å². The summed E-state index contributed by atoms with van der Waals surface area (Å²) in [4.78, 5) is 13.7. The summed E-state index contributed by atoms with van der Waals surface area (Å²) in [6, 6.07) is 10.3. The van der Waals surface area contributed by atoms with Crippen molar-refractivity contribution in [1.29, 1.82) is 0 Å². The molecule has 0 N–H and O–H groups in total. The second-order valence-corrected chi connectivity index (χ2v) is 4.23. The Hall–Kier alpha value is -1.35. The number of carbonyl (C=O) groups excluding carboxylic acids is 1. The molecule has 0 saturated carbocycles. The number of likely N-dealkylation sites (tertiary alicyclic amines) is 1. The Kier molecular flexibility index (Phi) is 3.57. The Morgan fingerprint density at radius 3 is 2.88 bits per heavy atom. The fourth-order valence-electron chi connectivity index (χ4n) is 2.18. The van der Waals surface area contributed by atoms with Crippen LogP contribution in [0.15, 0.2) is 30.3 Å². The number of benzene rings is 1. The largest absolute Gasteiger partial charge is 0.469 e. The molecule has 86 valence electrons. The van der Waals surface area contributed by atoms with Gasteiger partial charge in [-0.2, -0.15) is 0 Å². The molecule has 1 saturated heterocycles. The van der Waals surface area contributed by atoms with Crippen molar-refractivity contribution in [3.8, 4) is 0 Å². The lowest BCUT2D eigenvalue weighted by molar-refractivity contribution is -0.144. The molecular formula is C13H17NO2. The molecule has 0 radical (unpaired) electrons. The van der Waals surface area contributed by atoms with Crippen LogP contribution in [0.4, 0.5) is 0 Å². The van der Waals surface area contributed by atoms with E-state index in [1.54, 1.807) is 0 Å². The van der Waals surface area contributed by atoms with Gasteiger partial charge >= 0.3 is 5.97 Å². The van der Waals surface area contributed by atoms with Gasteiger partial charge in [-0.3, -0.25) is 9.69 Å². The van der Waals surface area contributed by atoms with Crippen molar-refractivity contribution < 1.29 is 9.53 Å². The Morgan fingerprint density at radius 1 is 1.44 bits per heavy atom. The number of esters is 1. The minimum absolute atomic E-state index is 0.0636. The van der Waals surface area contributed by atoms with E-state index in [-0.39, 0.29) is 11.9 Å². The molecule has 1 aliphatic heterocycles. The standard InChI is InChI=1S/C13H17NO2/c1-16-13(15)12-7-8-14(10-12)9-11-5-3-2-4-6-11/h2-6,12H,7-10H2,1H3/t12-/m1/s1. The molecule has 0 aliphatic carbocycles. The average Bonchev–Trinajstić information content (AvgIpc) is 2.78. The number of nitrogens with zero attached hydrogens (tertiary/aromatic N) is 1. The lowest BCUT2D eigenvalue weighted by Gasteiger charge is -2.15. The van der Waals surface area contributed by atoms with E-state index in [1.807, 2.05) is 18.2 Å². The van der Waals surface area contributed by atoms with Gasteiger partial charge in [-0.1, -0.05) is 30.3 Å². The molecule has 0 aromatic heterocycles. The zero-order valence-electron chi connectivity index (χ0n) is 9.56. The second kappa shape index (κ2) is 5.12. The number of ether oxygens (including phenoxy) is 1. The topological polar surface area (TPSA) is 29.5 Å². The lowest BCUT2D eigenvalue weighted by atomic mass is 10.1. The molecule has 0 unspecified atom stereocenters. The highest BCUT2D eigenvalue weighted by Gasteiger charge is 2.28. The van der Waals surface area contributed by atoms with Gasteiger partial charge in [0.1, 0.15) is 0 Å². The Balaban J connectivity index is 1.88. The molecule has 2 rings (SSSR count). The lowest BCUT2D eigenvalue weighted by Crippen LogP contribution is -2.23. The quantitative estimate of drug-likeness (QED) is 0.724. The summed E-state index contributed by atoms with van der Waals surface area (Å²) in [5, 5.41) is 0. The maximum Gasteiger partial charge on any atom is 0.310 e. The number of hydrogen-bond donors (Lipinski definition) is 0. The first kappa shape index (κ1) is 11.1. The summed E-state index contributed by atoms with van der Waals surface area (Å²) in [6.07, 6.45) is 0.916. The monoisotopic (exact) mass is 219 g/mol. The number of rotatable bonds is 3. The summed E-state index contributed by atoms with van der Waals surface area (Å²) in [5.41, 5.74) is 1.30. The van der Waals surface area contributed by atoms with Crippen LogP contribution in [-0.2, 0) is 16.1 Å². The van der Waals surface area contributed by atoms with Crippen LogP contribution in [0.2, 0.25) is 0 Å². The molecular weight excluding hydrogens is 202 g/mol. The smallest absolute Gasteiger partial charge is 0.310 e. The van der Waals surface area contributed by atoms with Gasteiger partial charge in [-0.25, -0.2) is 0 Å². The zero-order valence-corrected chi connectivity index (χ0v) is 9.56. The van der Waals surface area contributed by atoms with Crippen molar-refractivity contribution in [2.45, 2.75) is 13.0 Å². The minimum Gasteiger partial charge on any atom is -0.469 e. The Morgan fingerprint density at radius 2 is 2.19 bits per heavy atom. The highest BCUT2D eigenvalue weighted by Crippen LogP contribution is 2.19. The zero-order chi connectivity index (χ0) is 11.4. The third-order valence-corrected chi connectivity index (χ3v) is 3.06. The van der Waals surface area contributed by atoms with E-state index in [9.17, 15) is 4.79 Å². The van der Waals surface area contributed by atoms with Crippen LogP contribution >= 0.6 is 0 Å². The molecule has 1 fully saturated rings. The van der Waals surface area contributed by atoms with Gasteiger partial charge in [-0.05, 0) is 18.5 Å². The van der Waals surface area contributed by atoms with Crippen molar-refractivity contribution in [3.63, 3.8) is 0 Å². The van der Waals surface area contributed by atoms with Crippen molar-refractivity contribution >= 4 is 5.97 Å². The second-order valence-electron chi connectivity index (χ2n) is 4.23. The van der Waals surface area contributed by atoms with Crippen LogP contribution in [-0.4, -0.2) is 31.1 Å². The molecule has 1 atom stereocenters. The van der Waals surface area contributed by atoms with E-state index in [0.29, 0.717) is 0 Å². The SMILES string of the molecule is COC(=O)[C@@H]1CCN(Cc2ccccc2)C1. The van der Waals surface area contributed by atoms with Crippen molar-refractivity contribution in [2.24, 2.45) is 5.92 Å². The average molecular weight is 219 g/mol. The van der Waals surface area contributed by atoms with E-state index in [1.165, 1.54) is 12.7 Å². The van der Waals surface area contributed by atoms with Gasteiger partial charge in [0.25, 0.3) is 0 Å². The van der Waals surface area contributed by atoms with Crippen LogP contribution < -0.4 is 0 Å². The fraction of sp³-hybridized carbons (Fsp3) is 0.462. The van der Waals surface area contributed by atoms with Gasteiger partial charge in [0.15, 0.2) is 0 Å². The summed E-state index contributed by atoms with van der Waals surface area (Å²) in [6.45, 7) is 2.73. The predicted molar refractivity (Wildman–Crippen MR) is 61.8 cm³/mol. The number of hydrogen-bond acceptors (Lipinski definition) is 3. The molecule has 1 aromatic carbocycles. The molecule has 1 aromatic rings. The number of methoxy groups -OCH3 is 1. The van der Waals surface area contributed by atoms with Crippen LogP contribution in [0, 0.1) is 5.92 Å². The molecule has 16 heavy (non-hydrogen) atoms. The summed E-state index contributed by atoms with van der Waals surface area (Å²) >= 11 is 0. The molecule has 1 heterocycles. The normalized spacial score (nSPS) is 20.9. The highest BCUT2D eigenvalue weighted by atomic mass is 16.5. The number of carbonyl (C=O) groups is 1. The van der Waals surface area contributed by atoms with Crippen molar-refractivity contribution in [3.05, 3.63) is 35.9 Å². The summed E-state index contributed by atoms with van der Waals surface area (Å²) < 4.78 is 4.77. The van der Waals surface area contributed by atoms with Crippen molar-refractivity contribution in [1.82, 2.24) is 4.90 Å². The summed E-state index contributed by atoms with van der Waals surface area (Å²) in [7, 11) is 1.46. The van der Waals surface area contributed by atoms with Gasteiger partial charge < -0.3 is 4.74 Å². The molecule has 0 amide bonds. The molecule has 0 bridgehead atoms. The van der Waals surface area contributed by atoms with Crippen LogP contribution in [0.5, 0.6) is 0 Å². The maximum absolute atomic E-state index is 11.4. The van der Waals surface area contributed by atoms with Gasteiger partial charge in [0.05, 0.1) is 13.0 Å². The minimum atomic E-state index is -0.0736. The first-order valence-electron chi connectivity index (χ1n) is 5.63. The van der Waals surface area contributed by atoms with Gasteiger partial charge in [0.2, 0.25) is 0 Å². The summed E-state index contributed by atoms with van der Waals surface area (Å²) in [5.74, 6) is -0.00993. The van der Waals surface area contributed by atoms with Crippen LogP contribution in [0.3, 0.4) is 0 Å². The highest BCUT2D eigenvalue weighted by molar-refractivity contribution is 5.72. The molecule has 3 heteroatoms. The Labute approximate surface area is 96.0 Å². The van der Waals surface area contributed by atoms with Crippen LogP contribution in [0.1, 0.15) is 12.0 Å². The fourth-order valence-corrected chi connectivity index (χ4v) is 2.18. The van der Waals surface area contributed by atoms with Gasteiger partial charge in [-0.15, -0.1) is 0 Å². The Bertz CT molecular complexity index is 350. The first-order valence-corrected chi connectivity index (χ1v) is 5.63. The van der Waals surface area contributed by atoms with E-state index in [2.05, 4.69) is 17.0 Å². The van der Waals surface area contributed by atoms with Crippen molar-refractivity contribution in [2.75, 3.05) is 20.2 Å². The van der Waals surface area contributed by atoms with Crippen LogP contribution in [0.25, 0.3) is 0 Å². The van der Waals surface area contributed by atoms with E-state index >= 15 is 0 Å². The predicted octanol–water partition coefficient (Wildman–Crippen LogP) is 1.68. The molecule has 3 nitrogen and oxygen atoms in total. The molecule has 1 aliphatic rings. The first-order chi connectivity index (χ1) is 7.79. The van der Waals surface area contributed by atoms with E-state index in [4.69, 9.17) is 4.74 Å². The third-order valence-electron chi connectivity index (χ3n) is 3.06. The van der Waals surface area contributed by atoms with Gasteiger partial charge in [0, 0.05) is 13.1 Å². The third kappa shape index (κ3) is 2.61. The van der Waals surface area contributed by atoms with E-state index in [0.717, 1.165) is 26.1 Å².